The van der Waals surface area contributed by atoms with Crippen molar-refractivity contribution >= 4 is 17.0 Å². The minimum absolute atomic E-state index is 0. The van der Waals surface area contributed by atoms with Crippen molar-refractivity contribution in [2.75, 3.05) is 5.73 Å². The van der Waals surface area contributed by atoms with E-state index in [1.807, 2.05) is 30.7 Å². The first-order chi connectivity index (χ1) is 9.70. The van der Waals surface area contributed by atoms with Gasteiger partial charge in [-0.05, 0) is 6.07 Å². The van der Waals surface area contributed by atoms with Crippen molar-refractivity contribution in [2.24, 2.45) is 0 Å². The van der Waals surface area contributed by atoms with Crippen LogP contribution in [0.5, 0.6) is 0 Å². The molecule has 3 rings (SSSR count). The fourth-order valence-electron chi connectivity index (χ4n) is 1.43. The van der Waals surface area contributed by atoms with Crippen LogP contribution in [-0.2, 0) is 21.7 Å². The van der Waals surface area contributed by atoms with E-state index in [1.54, 1.807) is 19.1 Å². The molecule has 0 bridgehead atoms. The number of allylic oxidation sites excluding steroid dienone is 4. The Balaban J connectivity index is 0.000000423. The summed E-state index contributed by atoms with van der Waals surface area (Å²) in [6.07, 6.45) is 10.0. The summed E-state index contributed by atoms with van der Waals surface area (Å²) in [6.45, 7) is 5.00. The zero-order valence-corrected chi connectivity index (χ0v) is 13.2. The number of hydrogen-bond donors (Lipinski definition) is 1. The zero-order chi connectivity index (χ0) is 15.0. The van der Waals surface area contributed by atoms with Crippen LogP contribution in [0.2, 0.25) is 0 Å². The van der Waals surface area contributed by atoms with E-state index in [9.17, 15) is 10.4 Å². The van der Waals surface area contributed by atoms with Crippen molar-refractivity contribution in [1.82, 2.24) is 5.10 Å². The molecule has 7 heteroatoms. The van der Waals surface area contributed by atoms with E-state index in [1.165, 1.54) is 12.1 Å². The predicted octanol–water partition coefficient (Wildman–Crippen LogP) is 1.24. The molecule has 1 aliphatic rings. The molecule has 2 N–H and O–H groups in total. The van der Waals surface area contributed by atoms with Crippen molar-refractivity contribution in [3.05, 3.63) is 72.3 Å². The molecule has 1 heterocycles. The molecule has 0 atom stereocenters. The van der Waals surface area contributed by atoms with Crippen molar-refractivity contribution in [3.63, 3.8) is 0 Å². The second-order valence-electron chi connectivity index (χ2n) is 3.48. The molecule has 21 heavy (non-hydrogen) atoms. The van der Waals surface area contributed by atoms with Crippen LogP contribution in [0, 0.1) is 23.8 Å². The van der Waals surface area contributed by atoms with Crippen LogP contribution in [0.4, 0.5) is 5.95 Å². The molecular formula is C14H16N4O2Ti. The molecule has 0 fully saturated rings. The Hall–Kier alpha value is -1.92. The average Bonchev–Trinajstić information content (AvgIpc) is 3.07. The maximum atomic E-state index is 11.3. The van der Waals surface area contributed by atoms with E-state index in [2.05, 4.69) is 12.0 Å². The average molecular weight is 320 g/mol. The maximum Gasteiger partial charge on any atom is 0.458 e. The second-order valence-corrected chi connectivity index (χ2v) is 3.48. The molecule has 108 valence electrons. The van der Waals surface area contributed by atoms with Gasteiger partial charge in [0.05, 0.1) is 0 Å². The molecule has 2 aromatic rings. The van der Waals surface area contributed by atoms with Crippen LogP contribution in [0.15, 0.2) is 48.6 Å². The Bertz CT molecular complexity index is 620. The Labute approximate surface area is 138 Å². The molecule has 1 aromatic carbocycles. The predicted molar refractivity (Wildman–Crippen MR) is 77.7 cm³/mol. The van der Waals surface area contributed by atoms with Crippen LogP contribution >= 0.6 is 0 Å². The molecule has 0 saturated carbocycles. The van der Waals surface area contributed by atoms with Gasteiger partial charge in [-0.25, -0.2) is 4.73 Å². The van der Waals surface area contributed by atoms with Crippen LogP contribution in [0.1, 0.15) is 6.92 Å². The third-order valence-corrected chi connectivity index (χ3v) is 2.26. The number of benzene rings is 1. The molecule has 1 aromatic heterocycles. The van der Waals surface area contributed by atoms with E-state index in [-0.39, 0.29) is 38.7 Å². The van der Waals surface area contributed by atoms with Gasteiger partial charge in [-0.3, -0.25) is 5.73 Å². The fraction of sp³-hybridized carbons (Fsp3) is 0.0714. The largest absolute Gasteiger partial charge is 0.739 e. The normalized spacial score (nSPS) is 11.0. The van der Waals surface area contributed by atoms with Gasteiger partial charge in [0.2, 0.25) is 5.10 Å². The smallest absolute Gasteiger partial charge is 0.458 e. The second kappa shape index (κ2) is 9.91. The number of anilines is 1. The van der Waals surface area contributed by atoms with Crippen LogP contribution in [0.3, 0.4) is 0 Å². The molecule has 0 saturated heterocycles. The summed E-state index contributed by atoms with van der Waals surface area (Å²) in [5.41, 5.74) is 5.62. The summed E-state index contributed by atoms with van der Waals surface area (Å²) in [4.78, 5) is 0.332. The zero-order valence-electron chi connectivity index (χ0n) is 11.6. The number of aromatic nitrogens is 3. The molecule has 2 radical (unpaired) electrons. The van der Waals surface area contributed by atoms with Crippen molar-refractivity contribution < 1.29 is 31.3 Å². The number of nitrogens with zero attached hydrogens (tertiary/aromatic N) is 3. The minimum Gasteiger partial charge on any atom is -0.739 e. The van der Waals surface area contributed by atoms with Crippen LogP contribution in [0.25, 0.3) is 11.0 Å². The summed E-state index contributed by atoms with van der Waals surface area (Å²) < 4.78 is 0.420. The van der Waals surface area contributed by atoms with Gasteiger partial charge >= 0.3 is 5.95 Å². The Kier molecular flexibility index (Phi) is 9.00. The third kappa shape index (κ3) is 5.17. The molecule has 1 aliphatic carbocycles. The number of fused-ring (bicyclic) bond motifs is 1. The first-order valence-electron chi connectivity index (χ1n) is 5.95. The van der Waals surface area contributed by atoms with Crippen molar-refractivity contribution in [1.29, 1.82) is 0 Å². The van der Waals surface area contributed by atoms with Gasteiger partial charge in [-0.15, -0.1) is 0 Å². The third-order valence-electron chi connectivity index (χ3n) is 2.26. The van der Waals surface area contributed by atoms with Gasteiger partial charge in [-0.2, -0.15) is 0 Å². The van der Waals surface area contributed by atoms with Crippen molar-refractivity contribution in [2.45, 2.75) is 6.92 Å². The Morgan fingerprint density at radius 1 is 1.00 bits per heavy atom. The number of hydrogen-bond acceptors (Lipinski definition) is 4. The minimum atomic E-state index is -0.353. The topological polar surface area (TPSA) is 92.8 Å². The monoisotopic (exact) mass is 320 g/mol. The first-order valence-corrected chi connectivity index (χ1v) is 5.95. The fourth-order valence-corrected chi connectivity index (χ4v) is 1.43. The summed E-state index contributed by atoms with van der Waals surface area (Å²) >= 11 is 0. The maximum absolute atomic E-state index is 11.3. The standard InChI is InChI=1S/C7H6N4O2.C5H5.C2H5.Ti/c8-7-9-11(13)6-4-2-1-3-5(6)10(7)12;1-2-4-5-3-1;1-2;/h1-4H,(H2,8,9);1-5H;1H2,2H3;. The molecule has 0 amide bonds. The van der Waals surface area contributed by atoms with Gasteiger partial charge in [-0.1, -0.05) is 50.3 Å². The van der Waals surface area contributed by atoms with E-state index >= 15 is 0 Å². The molecular weight excluding hydrogens is 304 g/mol. The van der Waals surface area contributed by atoms with Gasteiger partial charge in [0, 0.05) is 39.1 Å². The van der Waals surface area contributed by atoms with Gasteiger partial charge < -0.3 is 10.4 Å². The van der Waals surface area contributed by atoms with Crippen LogP contribution in [-0.4, -0.2) is 5.10 Å². The van der Waals surface area contributed by atoms with Crippen molar-refractivity contribution in [3.8, 4) is 0 Å². The SMILES string of the molecule is Nc1n[n+]([O-])c2ccccc2[n+]1[O-].[CH2]C.[CH]1C=CC=C1.[Ti]. The Morgan fingerprint density at radius 2 is 1.52 bits per heavy atom. The summed E-state index contributed by atoms with van der Waals surface area (Å²) in [6, 6.07) is 6.31. The number of rotatable bonds is 0. The van der Waals surface area contributed by atoms with Gasteiger partial charge in [0.1, 0.15) is 0 Å². The number of para-hydroxylation sites is 2. The Morgan fingerprint density at radius 3 is 2.00 bits per heavy atom. The molecule has 6 nitrogen and oxygen atoms in total. The first kappa shape index (κ1) is 19.1. The van der Waals surface area contributed by atoms with Gasteiger partial charge in [0.15, 0.2) is 5.52 Å². The summed E-state index contributed by atoms with van der Waals surface area (Å²) in [5, 5.41) is 25.7. The summed E-state index contributed by atoms with van der Waals surface area (Å²) in [5.74, 6) is -0.353. The van der Waals surface area contributed by atoms with E-state index in [4.69, 9.17) is 5.73 Å². The molecule has 0 unspecified atom stereocenters. The van der Waals surface area contributed by atoms with E-state index < -0.39 is 0 Å². The number of nitrogens with two attached hydrogens (primary N) is 1. The van der Waals surface area contributed by atoms with Gasteiger partial charge in [0.25, 0.3) is 5.52 Å². The van der Waals surface area contributed by atoms with E-state index in [0.717, 1.165) is 0 Å². The molecule has 0 spiro atoms. The quantitative estimate of drug-likeness (QED) is 0.449. The molecule has 0 aliphatic heterocycles. The van der Waals surface area contributed by atoms with E-state index in [0.29, 0.717) is 9.58 Å². The number of nitrogen functional groups attached to an aromatic ring is 1. The summed E-state index contributed by atoms with van der Waals surface area (Å²) in [7, 11) is 0. The van der Waals surface area contributed by atoms with Crippen LogP contribution < -0.4 is 15.3 Å².